The number of benzene rings is 1. The lowest BCUT2D eigenvalue weighted by Crippen LogP contribution is -2.48. The second-order valence-electron chi connectivity index (χ2n) is 6.07. The molecule has 0 bridgehead atoms. The highest BCUT2D eigenvalue weighted by Crippen LogP contribution is 2.21. The molecule has 1 unspecified atom stereocenters. The number of methoxy groups -OCH3 is 1. The van der Waals surface area contributed by atoms with Gasteiger partial charge in [-0.15, -0.1) is 0 Å². The maximum Gasteiger partial charge on any atom is 0.251 e. The Labute approximate surface area is 160 Å². The second-order valence-corrected chi connectivity index (χ2v) is 7.48. The van der Waals surface area contributed by atoms with E-state index in [0.717, 1.165) is 31.3 Å². The van der Waals surface area contributed by atoms with Crippen LogP contribution in [0.2, 0.25) is 0 Å². The number of rotatable bonds is 7. The van der Waals surface area contributed by atoms with Gasteiger partial charge in [-0.25, -0.2) is 0 Å². The largest absolute Gasteiger partial charge is 0.497 e. The maximum absolute atomic E-state index is 12.2. The molecule has 1 aliphatic heterocycles. The Morgan fingerprint density at radius 1 is 1.38 bits per heavy atom. The SMILES string of the molecule is CCNC(=NCCNC(=O)c1cccc(OC)c1)N1CCSC(CC)C1. The summed E-state index contributed by atoms with van der Waals surface area (Å²) in [6.07, 6.45) is 1.18. The molecule has 1 heterocycles. The van der Waals surface area contributed by atoms with E-state index in [1.54, 1.807) is 19.2 Å². The van der Waals surface area contributed by atoms with Crippen molar-refractivity contribution in [2.75, 3.05) is 45.6 Å². The normalized spacial score (nSPS) is 17.7. The molecule has 0 saturated carbocycles. The van der Waals surface area contributed by atoms with Gasteiger partial charge in [0, 0.05) is 42.7 Å². The van der Waals surface area contributed by atoms with E-state index in [1.807, 2.05) is 23.9 Å². The van der Waals surface area contributed by atoms with Gasteiger partial charge in [0.1, 0.15) is 5.75 Å². The molecule has 2 N–H and O–H groups in total. The Bertz CT molecular complexity index is 609. The van der Waals surface area contributed by atoms with Crippen molar-refractivity contribution >= 4 is 23.6 Å². The molecule has 1 aliphatic rings. The number of nitrogens with zero attached hydrogens (tertiary/aromatic N) is 2. The van der Waals surface area contributed by atoms with E-state index >= 15 is 0 Å². The van der Waals surface area contributed by atoms with E-state index < -0.39 is 0 Å². The van der Waals surface area contributed by atoms with E-state index in [2.05, 4.69) is 34.4 Å². The van der Waals surface area contributed by atoms with Crippen LogP contribution in [0, 0.1) is 0 Å². The molecule has 1 atom stereocenters. The molecule has 0 aliphatic carbocycles. The third-order valence-corrected chi connectivity index (χ3v) is 5.59. The molecule has 2 rings (SSSR count). The summed E-state index contributed by atoms with van der Waals surface area (Å²) < 4.78 is 5.16. The standard InChI is InChI=1S/C19H30N4O2S/c1-4-17-14-23(11-12-26-17)19(20-5-2)22-10-9-21-18(24)15-7-6-8-16(13-15)25-3/h6-8,13,17H,4-5,9-12,14H2,1-3H3,(H,20,22)(H,21,24). The summed E-state index contributed by atoms with van der Waals surface area (Å²) >= 11 is 2.04. The number of hydrogen-bond donors (Lipinski definition) is 2. The van der Waals surface area contributed by atoms with Gasteiger partial charge in [0.05, 0.1) is 13.7 Å². The average Bonchev–Trinajstić information content (AvgIpc) is 2.70. The Kier molecular flexibility index (Phi) is 8.61. The maximum atomic E-state index is 12.2. The predicted molar refractivity (Wildman–Crippen MR) is 109 cm³/mol. The summed E-state index contributed by atoms with van der Waals surface area (Å²) in [6.45, 7) is 8.26. The van der Waals surface area contributed by atoms with Crippen molar-refractivity contribution in [3.8, 4) is 5.75 Å². The Morgan fingerprint density at radius 3 is 2.96 bits per heavy atom. The topological polar surface area (TPSA) is 66.0 Å². The molecule has 144 valence electrons. The lowest BCUT2D eigenvalue weighted by molar-refractivity contribution is 0.0954. The number of carbonyl (C=O) groups excluding carboxylic acids is 1. The van der Waals surface area contributed by atoms with Crippen molar-refractivity contribution in [2.45, 2.75) is 25.5 Å². The molecule has 0 aromatic heterocycles. The summed E-state index contributed by atoms with van der Waals surface area (Å²) in [6, 6.07) is 7.15. The zero-order valence-corrected chi connectivity index (χ0v) is 16.8. The van der Waals surface area contributed by atoms with Crippen LogP contribution in [0.5, 0.6) is 5.75 Å². The van der Waals surface area contributed by atoms with Crippen molar-refractivity contribution in [2.24, 2.45) is 4.99 Å². The van der Waals surface area contributed by atoms with Crippen LogP contribution in [0.15, 0.2) is 29.3 Å². The lowest BCUT2D eigenvalue weighted by atomic mass is 10.2. The fourth-order valence-electron chi connectivity index (χ4n) is 2.78. The third-order valence-electron chi connectivity index (χ3n) is 4.22. The lowest BCUT2D eigenvalue weighted by Gasteiger charge is -2.34. The van der Waals surface area contributed by atoms with Gasteiger partial charge < -0.3 is 20.3 Å². The molecule has 1 fully saturated rings. The van der Waals surface area contributed by atoms with E-state index in [-0.39, 0.29) is 5.91 Å². The van der Waals surface area contributed by atoms with Crippen molar-refractivity contribution in [1.29, 1.82) is 0 Å². The van der Waals surface area contributed by atoms with Gasteiger partial charge in [0.2, 0.25) is 0 Å². The smallest absolute Gasteiger partial charge is 0.251 e. The molecular weight excluding hydrogens is 348 g/mol. The molecule has 1 aromatic carbocycles. The molecule has 1 aromatic rings. The molecule has 0 spiro atoms. The summed E-state index contributed by atoms with van der Waals surface area (Å²) in [5.74, 6) is 2.65. The zero-order chi connectivity index (χ0) is 18.8. The Hall–Kier alpha value is -1.89. The zero-order valence-electron chi connectivity index (χ0n) is 16.0. The van der Waals surface area contributed by atoms with E-state index in [0.29, 0.717) is 29.7 Å². The number of guanidine groups is 1. The number of carbonyl (C=O) groups is 1. The Morgan fingerprint density at radius 2 is 2.23 bits per heavy atom. The molecule has 26 heavy (non-hydrogen) atoms. The van der Waals surface area contributed by atoms with E-state index in [1.165, 1.54) is 6.42 Å². The van der Waals surface area contributed by atoms with Gasteiger partial charge in [0.25, 0.3) is 5.91 Å². The first-order valence-corrected chi connectivity index (χ1v) is 10.3. The van der Waals surface area contributed by atoms with Crippen LogP contribution >= 0.6 is 11.8 Å². The number of ether oxygens (including phenoxy) is 1. The van der Waals surface area contributed by atoms with Crippen LogP contribution in [0.3, 0.4) is 0 Å². The van der Waals surface area contributed by atoms with Gasteiger partial charge >= 0.3 is 0 Å². The monoisotopic (exact) mass is 378 g/mol. The van der Waals surface area contributed by atoms with Gasteiger partial charge in [-0.1, -0.05) is 13.0 Å². The van der Waals surface area contributed by atoms with Crippen LogP contribution in [-0.4, -0.2) is 67.6 Å². The van der Waals surface area contributed by atoms with Crippen LogP contribution in [0.25, 0.3) is 0 Å². The quantitative estimate of drug-likeness (QED) is 0.433. The van der Waals surface area contributed by atoms with Crippen molar-refractivity contribution < 1.29 is 9.53 Å². The summed E-state index contributed by atoms with van der Waals surface area (Å²) in [7, 11) is 1.59. The highest BCUT2D eigenvalue weighted by molar-refractivity contribution is 8.00. The van der Waals surface area contributed by atoms with Crippen LogP contribution in [0.1, 0.15) is 30.6 Å². The minimum Gasteiger partial charge on any atom is -0.497 e. The summed E-state index contributed by atoms with van der Waals surface area (Å²) in [5.41, 5.74) is 0.596. The first-order valence-electron chi connectivity index (χ1n) is 9.25. The number of aliphatic imine (C=N–C) groups is 1. The van der Waals surface area contributed by atoms with Gasteiger partial charge in [-0.05, 0) is 31.5 Å². The van der Waals surface area contributed by atoms with E-state index in [9.17, 15) is 4.79 Å². The number of hydrogen-bond acceptors (Lipinski definition) is 4. The fraction of sp³-hybridized carbons (Fsp3) is 0.579. The molecular formula is C19H30N4O2S. The molecule has 1 saturated heterocycles. The number of nitrogens with one attached hydrogen (secondary N) is 2. The van der Waals surface area contributed by atoms with E-state index in [4.69, 9.17) is 4.74 Å². The minimum absolute atomic E-state index is 0.107. The van der Waals surface area contributed by atoms with Crippen LogP contribution in [0.4, 0.5) is 0 Å². The second kappa shape index (κ2) is 11.0. The molecule has 7 heteroatoms. The van der Waals surface area contributed by atoms with Crippen molar-refractivity contribution in [1.82, 2.24) is 15.5 Å². The first kappa shape index (κ1) is 20.4. The summed E-state index contributed by atoms with van der Waals surface area (Å²) in [4.78, 5) is 19.2. The van der Waals surface area contributed by atoms with Crippen molar-refractivity contribution in [3.63, 3.8) is 0 Å². The van der Waals surface area contributed by atoms with Gasteiger partial charge in [-0.2, -0.15) is 11.8 Å². The first-order chi connectivity index (χ1) is 12.7. The highest BCUT2D eigenvalue weighted by Gasteiger charge is 2.21. The number of thioether (sulfide) groups is 1. The fourth-order valence-corrected chi connectivity index (χ4v) is 3.96. The van der Waals surface area contributed by atoms with Crippen LogP contribution < -0.4 is 15.4 Å². The minimum atomic E-state index is -0.107. The number of amides is 1. The van der Waals surface area contributed by atoms with Crippen molar-refractivity contribution in [3.05, 3.63) is 29.8 Å². The predicted octanol–water partition coefficient (Wildman–Crippen LogP) is 2.22. The molecule has 1 amide bonds. The van der Waals surface area contributed by atoms with Gasteiger partial charge in [0.15, 0.2) is 5.96 Å². The average molecular weight is 379 g/mol. The summed E-state index contributed by atoms with van der Waals surface area (Å²) in [5, 5.41) is 6.95. The third kappa shape index (κ3) is 6.12. The Balaban J connectivity index is 1.86. The molecule has 6 nitrogen and oxygen atoms in total. The van der Waals surface area contributed by atoms with Crippen LogP contribution in [-0.2, 0) is 0 Å². The molecule has 0 radical (unpaired) electrons. The van der Waals surface area contributed by atoms with Gasteiger partial charge in [-0.3, -0.25) is 9.79 Å². The highest BCUT2D eigenvalue weighted by atomic mass is 32.2.